The highest BCUT2D eigenvalue weighted by atomic mass is 79.9. The van der Waals surface area contributed by atoms with Crippen LogP contribution in [0.1, 0.15) is 21.7 Å². The van der Waals surface area contributed by atoms with Crippen molar-refractivity contribution in [1.29, 1.82) is 0 Å². The van der Waals surface area contributed by atoms with Crippen molar-refractivity contribution in [3.8, 4) is 0 Å². The molecule has 0 aliphatic carbocycles. The van der Waals surface area contributed by atoms with Crippen LogP contribution in [0.25, 0.3) is 11.0 Å². The molecule has 29 heavy (non-hydrogen) atoms. The van der Waals surface area contributed by atoms with Crippen molar-refractivity contribution < 1.29 is 9.59 Å². The molecule has 0 bridgehead atoms. The number of carbonyl (C=O) groups is 2. The summed E-state index contributed by atoms with van der Waals surface area (Å²) in [6, 6.07) is 22.1. The molecule has 0 radical (unpaired) electrons. The first-order valence-electron chi connectivity index (χ1n) is 9.13. The van der Waals surface area contributed by atoms with Crippen LogP contribution >= 0.6 is 15.9 Å². The van der Waals surface area contributed by atoms with E-state index in [1.165, 1.54) is 0 Å². The molecule has 4 aromatic rings. The number of hydrogen-bond donors (Lipinski definition) is 1. The normalized spacial score (nSPS) is 10.8. The fraction of sp³-hybridized carbons (Fsp3) is 0.0870. The summed E-state index contributed by atoms with van der Waals surface area (Å²) < 4.78 is 2.56. The number of aromatic nitrogens is 2. The van der Waals surface area contributed by atoms with Gasteiger partial charge in [0.1, 0.15) is 6.54 Å². The number of amides is 1. The van der Waals surface area contributed by atoms with Crippen LogP contribution < -0.4 is 5.32 Å². The predicted molar refractivity (Wildman–Crippen MR) is 117 cm³/mol. The quantitative estimate of drug-likeness (QED) is 0.438. The number of imidazole rings is 1. The second-order valence-electron chi connectivity index (χ2n) is 6.76. The Labute approximate surface area is 176 Å². The van der Waals surface area contributed by atoms with Gasteiger partial charge in [0.2, 0.25) is 11.7 Å². The number of nitrogens with zero attached hydrogens (tertiary/aromatic N) is 2. The number of fused-ring (bicyclic) bond motifs is 1. The molecule has 1 heterocycles. The summed E-state index contributed by atoms with van der Waals surface area (Å²) >= 11 is 3.38. The van der Waals surface area contributed by atoms with Crippen molar-refractivity contribution >= 4 is 44.3 Å². The van der Waals surface area contributed by atoms with Crippen LogP contribution in [-0.4, -0.2) is 21.2 Å². The smallest absolute Gasteiger partial charge is 0.244 e. The third-order valence-electron chi connectivity index (χ3n) is 4.57. The van der Waals surface area contributed by atoms with Crippen molar-refractivity contribution in [2.45, 2.75) is 13.5 Å². The van der Waals surface area contributed by atoms with Gasteiger partial charge in [0.15, 0.2) is 5.82 Å². The van der Waals surface area contributed by atoms with E-state index in [2.05, 4.69) is 26.2 Å². The highest BCUT2D eigenvalue weighted by Gasteiger charge is 2.20. The minimum absolute atomic E-state index is 0.00788. The van der Waals surface area contributed by atoms with Crippen LogP contribution in [-0.2, 0) is 11.3 Å². The summed E-state index contributed by atoms with van der Waals surface area (Å²) in [6.45, 7) is 1.96. The molecule has 4 rings (SSSR count). The molecule has 0 aliphatic rings. The van der Waals surface area contributed by atoms with E-state index in [4.69, 9.17) is 0 Å². The van der Waals surface area contributed by atoms with Crippen LogP contribution in [0.15, 0.2) is 77.3 Å². The number of hydrogen-bond acceptors (Lipinski definition) is 3. The Morgan fingerprint density at radius 1 is 1.00 bits per heavy atom. The third-order valence-corrected chi connectivity index (χ3v) is 5.10. The number of rotatable bonds is 5. The number of halogens is 1. The molecule has 0 aliphatic heterocycles. The Bertz CT molecular complexity index is 1210. The number of para-hydroxylation sites is 2. The Balaban J connectivity index is 1.69. The molecule has 0 saturated heterocycles. The van der Waals surface area contributed by atoms with Crippen molar-refractivity contribution in [1.82, 2.24) is 9.55 Å². The van der Waals surface area contributed by atoms with Crippen LogP contribution in [0.4, 0.5) is 5.69 Å². The zero-order valence-electron chi connectivity index (χ0n) is 15.7. The van der Waals surface area contributed by atoms with Gasteiger partial charge in [0.25, 0.3) is 0 Å². The van der Waals surface area contributed by atoms with Crippen molar-refractivity contribution in [3.05, 3.63) is 94.2 Å². The van der Waals surface area contributed by atoms with Gasteiger partial charge in [-0.15, -0.1) is 0 Å². The van der Waals surface area contributed by atoms with Gasteiger partial charge in [-0.05, 0) is 61.0 Å². The van der Waals surface area contributed by atoms with Crippen LogP contribution in [0.5, 0.6) is 0 Å². The number of anilines is 1. The molecular formula is C23H18BrN3O2. The molecule has 0 spiro atoms. The fourth-order valence-electron chi connectivity index (χ4n) is 3.21. The average Bonchev–Trinajstić information content (AvgIpc) is 3.06. The summed E-state index contributed by atoms with van der Waals surface area (Å²) in [7, 11) is 0. The van der Waals surface area contributed by atoms with Gasteiger partial charge in [-0.3, -0.25) is 9.59 Å². The molecule has 0 fully saturated rings. The van der Waals surface area contributed by atoms with Crippen molar-refractivity contribution in [2.75, 3.05) is 5.32 Å². The molecule has 144 valence electrons. The molecule has 6 heteroatoms. The average molecular weight is 448 g/mol. The van der Waals surface area contributed by atoms with Gasteiger partial charge in [0, 0.05) is 15.7 Å². The maximum Gasteiger partial charge on any atom is 0.244 e. The molecule has 0 saturated carbocycles. The van der Waals surface area contributed by atoms with E-state index in [9.17, 15) is 9.59 Å². The molecular weight excluding hydrogens is 430 g/mol. The number of nitrogens with one attached hydrogen (secondary N) is 1. The Morgan fingerprint density at radius 3 is 2.52 bits per heavy atom. The maximum atomic E-state index is 13.1. The van der Waals surface area contributed by atoms with E-state index in [0.717, 1.165) is 21.2 Å². The second kappa shape index (κ2) is 8.01. The molecule has 0 unspecified atom stereocenters. The van der Waals surface area contributed by atoms with Gasteiger partial charge >= 0.3 is 0 Å². The monoisotopic (exact) mass is 447 g/mol. The number of benzene rings is 3. The minimum atomic E-state index is -0.225. The largest absolute Gasteiger partial charge is 0.325 e. The molecule has 3 aromatic carbocycles. The zero-order valence-corrected chi connectivity index (χ0v) is 17.3. The van der Waals surface area contributed by atoms with Crippen LogP contribution in [0, 0.1) is 6.92 Å². The molecule has 0 atom stereocenters. The summed E-state index contributed by atoms with van der Waals surface area (Å²) in [4.78, 5) is 30.3. The topological polar surface area (TPSA) is 64.0 Å². The second-order valence-corrected chi connectivity index (χ2v) is 7.68. The summed E-state index contributed by atoms with van der Waals surface area (Å²) in [5.74, 6) is -0.200. The Kier molecular flexibility index (Phi) is 5.27. The molecule has 5 nitrogen and oxygen atoms in total. The maximum absolute atomic E-state index is 13.1. The van der Waals surface area contributed by atoms with Gasteiger partial charge in [-0.25, -0.2) is 4.98 Å². The van der Waals surface area contributed by atoms with E-state index in [1.54, 1.807) is 16.7 Å². The van der Waals surface area contributed by atoms with Gasteiger partial charge in [-0.2, -0.15) is 0 Å². The van der Waals surface area contributed by atoms with E-state index in [1.807, 2.05) is 67.6 Å². The summed E-state index contributed by atoms with van der Waals surface area (Å²) in [5, 5.41) is 2.89. The van der Waals surface area contributed by atoms with Crippen molar-refractivity contribution in [3.63, 3.8) is 0 Å². The van der Waals surface area contributed by atoms with E-state index in [0.29, 0.717) is 11.1 Å². The molecule has 1 amide bonds. The fourth-order valence-corrected chi connectivity index (χ4v) is 3.47. The first-order valence-corrected chi connectivity index (χ1v) is 9.92. The lowest BCUT2D eigenvalue weighted by atomic mass is 10.1. The lowest BCUT2D eigenvalue weighted by molar-refractivity contribution is -0.116. The number of carbonyl (C=O) groups excluding carboxylic acids is 2. The molecule has 1 N–H and O–H groups in total. The van der Waals surface area contributed by atoms with Crippen LogP contribution in [0.3, 0.4) is 0 Å². The van der Waals surface area contributed by atoms with Gasteiger partial charge in [0.05, 0.1) is 11.0 Å². The Morgan fingerprint density at radius 2 is 1.76 bits per heavy atom. The Hall–Kier alpha value is -3.25. The molecule has 1 aromatic heterocycles. The van der Waals surface area contributed by atoms with E-state index < -0.39 is 0 Å². The van der Waals surface area contributed by atoms with E-state index >= 15 is 0 Å². The zero-order chi connectivity index (χ0) is 20.4. The summed E-state index contributed by atoms with van der Waals surface area (Å²) in [6.07, 6.45) is 0. The highest BCUT2D eigenvalue weighted by molar-refractivity contribution is 9.10. The number of ketones is 1. The lowest BCUT2D eigenvalue weighted by Gasteiger charge is -2.10. The predicted octanol–water partition coefficient (Wildman–Crippen LogP) is 4.98. The van der Waals surface area contributed by atoms with Crippen molar-refractivity contribution in [2.24, 2.45) is 0 Å². The standard InChI is InChI=1S/C23H18BrN3O2/c1-15-5-4-6-18(13-15)25-21(28)14-27-20-8-3-2-7-19(20)26-23(27)22(29)16-9-11-17(24)12-10-16/h2-13H,14H2,1H3,(H,25,28). The third kappa shape index (κ3) is 4.12. The van der Waals surface area contributed by atoms with Crippen LogP contribution in [0.2, 0.25) is 0 Å². The van der Waals surface area contributed by atoms with Gasteiger partial charge in [-0.1, -0.05) is 40.2 Å². The van der Waals surface area contributed by atoms with E-state index in [-0.39, 0.29) is 24.1 Å². The highest BCUT2D eigenvalue weighted by Crippen LogP contribution is 2.20. The lowest BCUT2D eigenvalue weighted by Crippen LogP contribution is -2.22. The van der Waals surface area contributed by atoms with Gasteiger partial charge < -0.3 is 9.88 Å². The first-order chi connectivity index (χ1) is 14.0. The summed E-state index contributed by atoms with van der Waals surface area (Å²) in [5.41, 5.74) is 3.72. The first kappa shape index (κ1) is 19.1. The number of aryl methyl sites for hydroxylation is 1. The minimum Gasteiger partial charge on any atom is -0.325 e. The SMILES string of the molecule is Cc1cccc(NC(=O)Cn2c(C(=O)c3ccc(Br)cc3)nc3ccccc32)c1.